The summed E-state index contributed by atoms with van der Waals surface area (Å²) >= 11 is 0. The first-order valence-corrected chi connectivity index (χ1v) is 7.45. The molecular formula is C17H23N3O. The summed E-state index contributed by atoms with van der Waals surface area (Å²) in [6.45, 7) is 4.54. The highest BCUT2D eigenvalue weighted by Gasteiger charge is 2.03. The zero-order valence-corrected chi connectivity index (χ0v) is 13.0. The molecule has 0 bridgehead atoms. The Bertz CT molecular complexity index is 567. The van der Waals surface area contributed by atoms with Gasteiger partial charge in [-0.1, -0.05) is 25.5 Å². The molecule has 2 aromatic rings. The van der Waals surface area contributed by atoms with Crippen molar-refractivity contribution in [3.8, 4) is 5.75 Å². The number of nitrogens with one attached hydrogen (secondary N) is 1. The number of aromatic nitrogens is 2. The summed E-state index contributed by atoms with van der Waals surface area (Å²) in [5.74, 6) is 2.36. The molecule has 4 heteroatoms. The zero-order chi connectivity index (χ0) is 15.1. The molecule has 0 saturated carbocycles. The number of aryl methyl sites for hydroxylation is 2. The molecule has 1 heterocycles. The van der Waals surface area contributed by atoms with Gasteiger partial charge in [-0.3, -0.25) is 0 Å². The van der Waals surface area contributed by atoms with E-state index in [1.54, 1.807) is 0 Å². The highest BCUT2D eigenvalue weighted by molar-refractivity contribution is 5.34. The van der Waals surface area contributed by atoms with Gasteiger partial charge >= 0.3 is 0 Å². The van der Waals surface area contributed by atoms with Gasteiger partial charge in [0.15, 0.2) is 5.82 Å². The Morgan fingerprint density at radius 3 is 2.57 bits per heavy atom. The van der Waals surface area contributed by atoms with Gasteiger partial charge in [-0.15, -0.1) is 0 Å². The largest absolute Gasteiger partial charge is 0.486 e. The maximum Gasteiger partial charge on any atom is 0.168 e. The number of hydrogen-bond acceptors (Lipinski definition) is 4. The molecule has 0 aliphatic heterocycles. The van der Waals surface area contributed by atoms with Gasteiger partial charge in [0.25, 0.3) is 0 Å². The minimum absolute atomic E-state index is 0.380. The van der Waals surface area contributed by atoms with Crippen molar-refractivity contribution in [3.05, 3.63) is 47.4 Å². The lowest BCUT2D eigenvalue weighted by molar-refractivity contribution is 0.295. The summed E-state index contributed by atoms with van der Waals surface area (Å²) in [7, 11) is 1.85. The molecule has 0 aliphatic rings. The molecule has 2 rings (SSSR count). The van der Waals surface area contributed by atoms with Gasteiger partial charge in [-0.2, -0.15) is 0 Å². The molecule has 1 N–H and O–H groups in total. The molecule has 0 spiro atoms. The van der Waals surface area contributed by atoms with Crippen LogP contribution in [0.15, 0.2) is 30.3 Å². The molecule has 0 radical (unpaired) electrons. The molecule has 1 aromatic heterocycles. The fraction of sp³-hybridized carbons (Fsp3) is 0.412. The number of unbranched alkanes of at least 4 members (excludes halogenated alkanes) is 1. The number of benzene rings is 1. The maximum absolute atomic E-state index is 5.75. The molecule has 4 nitrogen and oxygen atoms in total. The molecule has 21 heavy (non-hydrogen) atoms. The predicted molar refractivity (Wildman–Crippen MR) is 85.7 cm³/mol. The monoisotopic (exact) mass is 285 g/mol. The van der Waals surface area contributed by atoms with Gasteiger partial charge in [0.1, 0.15) is 18.2 Å². The highest BCUT2D eigenvalue weighted by Crippen LogP contribution is 2.15. The Morgan fingerprint density at radius 2 is 1.90 bits per heavy atom. The van der Waals surface area contributed by atoms with Crippen LogP contribution in [0.5, 0.6) is 5.75 Å². The summed E-state index contributed by atoms with van der Waals surface area (Å²) in [5.41, 5.74) is 2.29. The maximum atomic E-state index is 5.75. The Kier molecular flexibility index (Phi) is 5.55. The van der Waals surface area contributed by atoms with Crippen molar-refractivity contribution in [1.29, 1.82) is 0 Å². The lowest BCUT2D eigenvalue weighted by atomic mass is 10.1. The van der Waals surface area contributed by atoms with Crippen LogP contribution in [0.4, 0.5) is 5.82 Å². The van der Waals surface area contributed by atoms with E-state index in [9.17, 15) is 0 Å². The smallest absolute Gasteiger partial charge is 0.168 e. The second kappa shape index (κ2) is 7.62. The first kappa shape index (κ1) is 15.3. The van der Waals surface area contributed by atoms with Crippen LogP contribution in [0.1, 0.15) is 36.8 Å². The van der Waals surface area contributed by atoms with Gasteiger partial charge in [0.2, 0.25) is 0 Å². The number of rotatable bonds is 7. The average molecular weight is 285 g/mol. The highest BCUT2D eigenvalue weighted by atomic mass is 16.5. The van der Waals surface area contributed by atoms with E-state index in [1.807, 2.05) is 32.2 Å². The lowest BCUT2D eigenvalue weighted by Crippen LogP contribution is -2.05. The third-order valence-electron chi connectivity index (χ3n) is 3.27. The second-order valence-corrected chi connectivity index (χ2v) is 5.10. The second-order valence-electron chi connectivity index (χ2n) is 5.10. The quantitative estimate of drug-likeness (QED) is 0.841. The first-order valence-electron chi connectivity index (χ1n) is 7.45. The normalized spacial score (nSPS) is 10.4. The minimum atomic E-state index is 0.380. The standard InChI is InChI=1S/C17H23N3O/c1-4-5-6-14-7-9-15(10-8-14)21-12-17-19-13(2)11-16(18-3)20-17/h7-11H,4-6,12H2,1-3H3,(H,18,19,20). The SMILES string of the molecule is CCCCc1ccc(OCc2nc(C)cc(NC)n2)cc1. The van der Waals surface area contributed by atoms with Gasteiger partial charge in [-0.05, 0) is 37.5 Å². The fourth-order valence-corrected chi connectivity index (χ4v) is 2.10. The van der Waals surface area contributed by atoms with Crippen LogP contribution < -0.4 is 10.1 Å². The van der Waals surface area contributed by atoms with Gasteiger partial charge in [0.05, 0.1) is 0 Å². The summed E-state index contributed by atoms with van der Waals surface area (Å²) in [6, 6.07) is 10.2. The lowest BCUT2D eigenvalue weighted by Gasteiger charge is -2.08. The van der Waals surface area contributed by atoms with Crippen molar-refractivity contribution in [2.45, 2.75) is 39.7 Å². The number of anilines is 1. The van der Waals surface area contributed by atoms with Crippen molar-refractivity contribution < 1.29 is 4.74 Å². The Morgan fingerprint density at radius 1 is 1.14 bits per heavy atom. The van der Waals surface area contributed by atoms with E-state index >= 15 is 0 Å². The molecule has 0 aliphatic carbocycles. The molecule has 112 valence electrons. The number of nitrogens with zero attached hydrogens (tertiary/aromatic N) is 2. The van der Waals surface area contributed by atoms with E-state index in [4.69, 9.17) is 4.74 Å². The molecule has 1 aromatic carbocycles. The van der Waals surface area contributed by atoms with Crippen molar-refractivity contribution >= 4 is 5.82 Å². The predicted octanol–water partition coefficient (Wildman–Crippen LogP) is 3.75. The van der Waals surface area contributed by atoms with E-state index in [0.29, 0.717) is 12.4 Å². The summed E-state index contributed by atoms with van der Waals surface area (Å²) in [5, 5.41) is 3.03. The van der Waals surface area contributed by atoms with Crippen LogP contribution >= 0.6 is 0 Å². The van der Waals surface area contributed by atoms with E-state index in [-0.39, 0.29) is 0 Å². The van der Waals surface area contributed by atoms with E-state index in [1.165, 1.54) is 18.4 Å². The molecule has 0 amide bonds. The first-order chi connectivity index (χ1) is 10.2. The van der Waals surface area contributed by atoms with Crippen molar-refractivity contribution in [1.82, 2.24) is 9.97 Å². The molecule has 0 unspecified atom stereocenters. The average Bonchev–Trinajstić information content (AvgIpc) is 2.51. The molecule has 0 fully saturated rings. The summed E-state index contributed by atoms with van der Waals surface area (Å²) in [6.07, 6.45) is 3.57. The van der Waals surface area contributed by atoms with Crippen LogP contribution in [-0.4, -0.2) is 17.0 Å². The molecule has 0 atom stereocenters. The van der Waals surface area contributed by atoms with Gasteiger partial charge in [-0.25, -0.2) is 9.97 Å². The van der Waals surface area contributed by atoms with Crippen molar-refractivity contribution in [3.63, 3.8) is 0 Å². The van der Waals surface area contributed by atoms with E-state index < -0.39 is 0 Å². The van der Waals surface area contributed by atoms with Crippen LogP contribution in [0.25, 0.3) is 0 Å². The number of ether oxygens (including phenoxy) is 1. The summed E-state index contributed by atoms with van der Waals surface area (Å²) in [4.78, 5) is 8.76. The Labute approximate surface area is 126 Å². The van der Waals surface area contributed by atoms with Crippen LogP contribution in [0.3, 0.4) is 0 Å². The fourth-order valence-electron chi connectivity index (χ4n) is 2.10. The Hall–Kier alpha value is -2.10. The third-order valence-corrected chi connectivity index (χ3v) is 3.27. The van der Waals surface area contributed by atoms with Crippen LogP contribution in [0.2, 0.25) is 0 Å². The molecular weight excluding hydrogens is 262 g/mol. The van der Waals surface area contributed by atoms with E-state index in [0.717, 1.165) is 23.7 Å². The Balaban J connectivity index is 1.95. The van der Waals surface area contributed by atoms with Crippen molar-refractivity contribution in [2.75, 3.05) is 12.4 Å². The summed E-state index contributed by atoms with van der Waals surface area (Å²) < 4.78 is 5.75. The van der Waals surface area contributed by atoms with E-state index in [2.05, 4.69) is 34.3 Å². The van der Waals surface area contributed by atoms with Gasteiger partial charge in [0, 0.05) is 18.8 Å². The van der Waals surface area contributed by atoms with Gasteiger partial charge < -0.3 is 10.1 Å². The van der Waals surface area contributed by atoms with Crippen LogP contribution in [-0.2, 0) is 13.0 Å². The van der Waals surface area contributed by atoms with Crippen LogP contribution in [0, 0.1) is 6.92 Å². The number of hydrogen-bond donors (Lipinski definition) is 1. The zero-order valence-electron chi connectivity index (χ0n) is 13.0. The topological polar surface area (TPSA) is 47.0 Å². The van der Waals surface area contributed by atoms with Crippen molar-refractivity contribution in [2.24, 2.45) is 0 Å². The molecule has 0 saturated heterocycles. The minimum Gasteiger partial charge on any atom is -0.486 e. The third kappa shape index (κ3) is 4.74.